The minimum Gasteiger partial charge on any atom is -0.322 e. The second-order valence-corrected chi connectivity index (χ2v) is 5.30. The third-order valence-electron chi connectivity index (χ3n) is 2.24. The Morgan fingerprint density at radius 1 is 1.45 bits per heavy atom. The average molecular weight is 300 g/mol. The van der Waals surface area contributed by atoms with Gasteiger partial charge >= 0.3 is 0 Å². The summed E-state index contributed by atoms with van der Waals surface area (Å²) >= 11 is 0. The molecule has 0 atom stereocenters. The van der Waals surface area contributed by atoms with Crippen molar-refractivity contribution in [3.8, 4) is 0 Å². The summed E-state index contributed by atoms with van der Waals surface area (Å²) in [7, 11) is -3.98. The van der Waals surface area contributed by atoms with E-state index in [2.05, 4.69) is 20.8 Å². The highest BCUT2D eigenvalue weighted by atomic mass is 32.2. The van der Waals surface area contributed by atoms with Crippen LogP contribution in [0.4, 0.5) is 10.1 Å². The molecule has 9 nitrogen and oxygen atoms in total. The highest BCUT2D eigenvalue weighted by Gasteiger charge is 2.13. The Kier molecular flexibility index (Phi) is 3.72. The fourth-order valence-corrected chi connectivity index (χ4v) is 1.91. The molecule has 0 saturated carbocycles. The highest BCUT2D eigenvalue weighted by Crippen LogP contribution is 2.18. The number of tetrazole rings is 1. The summed E-state index contributed by atoms with van der Waals surface area (Å²) in [4.78, 5) is 11.3. The quantitative estimate of drug-likeness (QED) is 0.751. The summed E-state index contributed by atoms with van der Waals surface area (Å²) < 4.78 is 36.9. The van der Waals surface area contributed by atoms with Crippen molar-refractivity contribution in [3.05, 3.63) is 30.3 Å². The summed E-state index contributed by atoms with van der Waals surface area (Å²) in [5.74, 6) is -1.41. The smallest absolute Gasteiger partial charge is 0.246 e. The van der Waals surface area contributed by atoms with Crippen molar-refractivity contribution in [2.45, 2.75) is 11.4 Å². The average Bonchev–Trinajstić information content (AvgIpc) is 2.83. The number of benzene rings is 1. The van der Waals surface area contributed by atoms with Gasteiger partial charge in [0.2, 0.25) is 15.9 Å². The van der Waals surface area contributed by atoms with E-state index in [1.807, 2.05) is 0 Å². The first-order chi connectivity index (χ1) is 9.36. The third-order valence-corrected chi connectivity index (χ3v) is 3.15. The molecule has 1 heterocycles. The summed E-state index contributed by atoms with van der Waals surface area (Å²) in [6.45, 7) is -0.244. The lowest BCUT2D eigenvalue weighted by atomic mass is 10.3. The molecule has 0 saturated heterocycles. The van der Waals surface area contributed by atoms with Crippen molar-refractivity contribution in [2.24, 2.45) is 5.14 Å². The minimum absolute atomic E-state index is 0.244. The number of sulfonamides is 1. The molecule has 1 aromatic carbocycles. The maximum absolute atomic E-state index is 13.5. The van der Waals surface area contributed by atoms with Crippen LogP contribution in [0.5, 0.6) is 0 Å². The molecule has 0 unspecified atom stereocenters. The van der Waals surface area contributed by atoms with E-state index in [0.29, 0.717) is 0 Å². The SMILES string of the molecule is NS(=O)(=O)c1ccc(F)c(NC(=O)Cn2cnnn2)c1. The fraction of sp³-hybridized carbons (Fsp3) is 0.111. The summed E-state index contributed by atoms with van der Waals surface area (Å²) in [5.41, 5.74) is -0.297. The molecule has 2 aromatic rings. The first-order valence-corrected chi connectivity index (χ1v) is 6.74. The lowest BCUT2D eigenvalue weighted by molar-refractivity contribution is -0.117. The lowest BCUT2D eigenvalue weighted by Crippen LogP contribution is -2.20. The maximum atomic E-state index is 13.5. The van der Waals surface area contributed by atoms with Crippen molar-refractivity contribution in [1.82, 2.24) is 20.2 Å². The van der Waals surface area contributed by atoms with Gasteiger partial charge in [-0.2, -0.15) is 0 Å². The van der Waals surface area contributed by atoms with Crippen molar-refractivity contribution >= 4 is 21.6 Å². The predicted molar refractivity (Wildman–Crippen MR) is 64.2 cm³/mol. The number of aromatic nitrogens is 4. The van der Waals surface area contributed by atoms with Crippen LogP contribution < -0.4 is 10.5 Å². The molecule has 0 radical (unpaired) electrons. The van der Waals surface area contributed by atoms with Gasteiger partial charge in [-0.3, -0.25) is 4.79 Å². The first kappa shape index (κ1) is 14.0. The van der Waals surface area contributed by atoms with E-state index in [-0.39, 0.29) is 17.1 Å². The molecule has 0 bridgehead atoms. The molecular formula is C9H9FN6O3S. The lowest BCUT2D eigenvalue weighted by Gasteiger charge is -2.07. The standard InChI is InChI=1S/C9H9FN6O3S/c10-7-2-1-6(20(11,18)19)3-8(7)13-9(17)4-16-5-12-14-15-16/h1-3,5H,4H2,(H,13,17)(H2,11,18,19). The second-order valence-electron chi connectivity index (χ2n) is 3.74. The van der Waals surface area contributed by atoms with Crippen molar-refractivity contribution < 1.29 is 17.6 Å². The Bertz CT molecular complexity index is 730. The van der Waals surface area contributed by atoms with Crippen LogP contribution in [0.2, 0.25) is 0 Å². The van der Waals surface area contributed by atoms with E-state index in [1.54, 1.807) is 0 Å². The molecular weight excluding hydrogens is 291 g/mol. The molecule has 0 aliphatic rings. The number of carbonyl (C=O) groups is 1. The van der Waals surface area contributed by atoms with E-state index in [0.717, 1.165) is 22.9 Å². The number of hydrogen-bond acceptors (Lipinski definition) is 6. The van der Waals surface area contributed by atoms with Crippen LogP contribution in [0.15, 0.2) is 29.4 Å². The van der Waals surface area contributed by atoms with Gasteiger partial charge in [-0.05, 0) is 28.6 Å². The number of nitrogens with two attached hydrogens (primary N) is 1. The minimum atomic E-state index is -3.98. The van der Waals surface area contributed by atoms with E-state index in [4.69, 9.17) is 5.14 Å². The Hall–Kier alpha value is -2.40. The van der Waals surface area contributed by atoms with E-state index in [9.17, 15) is 17.6 Å². The topological polar surface area (TPSA) is 133 Å². The van der Waals surface area contributed by atoms with Gasteiger partial charge < -0.3 is 5.32 Å². The third kappa shape index (κ3) is 3.33. The number of amides is 1. The van der Waals surface area contributed by atoms with Crippen molar-refractivity contribution in [3.63, 3.8) is 0 Å². The Labute approximate surface area is 112 Å². The summed E-state index contributed by atoms with van der Waals surface area (Å²) in [6, 6.07) is 2.83. The van der Waals surface area contributed by atoms with Crippen LogP contribution in [-0.2, 0) is 21.4 Å². The zero-order valence-electron chi connectivity index (χ0n) is 9.89. The van der Waals surface area contributed by atoms with E-state index < -0.39 is 21.7 Å². The Morgan fingerprint density at radius 3 is 2.80 bits per heavy atom. The molecule has 0 spiro atoms. The first-order valence-electron chi connectivity index (χ1n) is 5.19. The molecule has 2 rings (SSSR count). The summed E-state index contributed by atoms with van der Waals surface area (Å²) in [6.07, 6.45) is 1.21. The zero-order chi connectivity index (χ0) is 14.8. The second kappa shape index (κ2) is 5.30. The van der Waals surface area contributed by atoms with Crippen LogP contribution in [-0.4, -0.2) is 34.5 Å². The predicted octanol–water partition coefficient (Wildman–Crippen LogP) is -0.902. The molecule has 3 N–H and O–H groups in total. The van der Waals surface area contributed by atoms with Gasteiger partial charge in [0.1, 0.15) is 18.7 Å². The van der Waals surface area contributed by atoms with Gasteiger partial charge in [0, 0.05) is 0 Å². The molecule has 11 heteroatoms. The van der Waals surface area contributed by atoms with Crippen LogP contribution in [0, 0.1) is 5.82 Å². The molecule has 0 fully saturated rings. The molecule has 106 valence electrons. The molecule has 1 amide bonds. The molecule has 1 aromatic heterocycles. The number of nitrogens with zero attached hydrogens (tertiary/aromatic N) is 4. The van der Waals surface area contributed by atoms with Gasteiger partial charge in [-0.15, -0.1) is 5.10 Å². The Balaban J connectivity index is 2.18. The van der Waals surface area contributed by atoms with Gasteiger partial charge in [0.05, 0.1) is 10.6 Å². The molecule has 0 aliphatic carbocycles. The number of hydrogen-bond donors (Lipinski definition) is 2. The largest absolute Gasteiger partial charge is 0.322 e. The van der Waals surface area contributed by atoms with Crippen molar-refractivity contribution in [2.75, 3.05) is 5.32 Å². The number of primary sulfonamides is 1. The van der Waals surface area contributed by atoms with E-state index in [1.165, 1.54) is 6.33 Å². The summed E-state index contributed by atoms with van der Waals surface area (Å²) in [5, 5.41) is 17.3. The molecule has 0 aliphatic heterocycles. The van der Waals surface area contributed by atoms with Gasteiger partial charge in [-0.25, -0.2) is 22.6 Å². The number of anilines is 1. The van der Waals surface area contributed by atoms with Gasteiger partial charge in [0.25, 0.3) is 0 Å². The molecule has 20 heavy (non-hydrogen) atoms. The van der Waals surface area contributed by atoms with Crippen LogP contribution in [0.3, 0.4) is 0 Å². The number of carbonyl (C=O) groups excluding carboxylic acids is 1. The van der Waals surface area contributed by atoms with E-state index >= 15 is 0 Å². The van der Waals surface area contributed by atoms with Crippen LogP contribution in [0.25, 0.3) is 0 Å². The van der Waals surface area contributed by atoms with Gasteiger partial charge in [0.15, 0.2) is 0 Å². The zero-order valence-corrected chi connectivity index (χ0v) is 10.7. The normalized spacial score (nSPS) is 11.3. The van der Waals surface area contributed by atoms with Crippen LogP contribution >= 0.6 is 0 Å². The van der Waals surface area contributed by atoms with Gasteiger partial charge in [-0.1, -0.05) is 0 Å². The maximum Gasteiger partial charge on any atom is 0.246 e. The number of rotatable bonds is 4. The van der Waals surface area contributed by atoms with Crippen LogP contribution in [0.1, 0.15) is 0 Å². The number of halogens is 1. The fourth-order valence-electron chi connectivity index (χ4n) is 1.37. The monoisotopic (exact) mass is 300 g/mol. The number of nitrogens with one attached hydrogen (secondary N) is 1. The Morgan fingerprint density at radius 2 is 2.20 bits per heavy atom. The highest BCUT2D eigenvalue weighted by molar-refractivity contribution is 7.89. The van der Waals surface area contributed by atoms with Crippen molar-refractivity contribution in [1.29, 1.82) is 0 Å².